The Balaban J connectivity index is 4.72. The van der Waals surface area contributed by atoms with Crippen molar-refractivity contribution in [3.63, 3.8) is 0 Å². The van der Waals surface area contributed by atoms with E-state index in [9.17, 15) is 0 Å². The van der Waals surface area contributed by atoms with Gasteiger partial charge in [0, 0.05) is 0 Å². The molecule has 0 unspecified atom stereocenters. The lowest BCUT2D eigenvalue weighted by Crippen LogP contribution is -2.50. The molecular weight excluding hydrogens is 373 g/mol. The van der Waals surface area contributed by atoms with Crippen LogP contribution in [0.15, 0.2) is 0 Å². The van der Waals surface area contributed by atoms with Crippen molar-refractivity contribution >= 4 is 44.5 Å². The minimum Gasteiger partial charge on any atom is -0.440 e. The molecule has 0 atom stereocenters. The van der Waals surface area contributed by atoms with Crippen LogP contribution in [0.1, 0.15) is 32.6 Å². The zero-order chi connectivity index (χ0) is 18.1. The van der Waals surface area contributed by atoms with Crippen LogP contribution in [0.2, 0.25) is 58.4 Å². The van der Waals surface area contributed by atoms with Gasteiger partial charge in [0.1, 0.15) is 0 Å². The molecule has 0 saturated carbocycles. The molecule has 0 bridgehead atoms. The molecule has 0 aliphatic rings. The Morgan fingerprint density at radius 1 is 0.652 bits per heavy atom. The highest BCUT2D eigenvalue weighted by Crippen LogP contribution is 2.20. The maximum atomic E-state index is 6.48. The highest BCUT2D eigenvalue weighted by atomic mass is 28.5. The molecule has 0 spiro atoms. The molecule has 0 amide bonds. The fourth-order valence-electron chi connectivity index (χ4n) is 2.70. The highest BCUT2D eigenvalue weighted by Gasteiger charge is 2.36. The van der Waals surface area contributed by atoms with Gasteiger partial charge in [-0.1, -0.05) is 32.6 Å². The van der Waals surface area contributed by atoms with Crippen LogP contribution >= 0.6 is 0 Å². The predicted molar refractivity (Wildman–Crippen MR) is 113 cm³/mol. The summed E-state index contributed by atoms with van der Waals surface area (Å²) in [5.74, 6) is 0. The van der Waals surface area contributed by atoms with Crippen molar-refractivity contribution in [2.24, 2.45) is 0 Å². The van der Waals surface area contributed by atoms with Crippen LogP contribution in [0.25, 0.3) is 0 Å². The number of hydrogen-bond acceptors (Lipinski definition) is 4. The van der Waals surface area contributed by atoms with Crippen molar-refractivity contribution < 1.29 is 16.5 Å². The standard InChI is InChI=1S/C14H40O4Si5/c1-10-11-12-13-14-21(17-22(6,7)15-19(2)3)18-23(8,9)16-20(4)5/h19-21H,10-14H2,1-9H3. The van der Waals surface area contributed by atoms with Gasteiger partial charge in [0.2, 0.25) is 0 Å². The van der Waals surface area contributed by atoms with E-state index in [-0.39, 0.29) is 0 Å². The second-order valence-corrected chi connectivity index (χ2v) is 22.6. The molecule has 9 heteroatoms. The van der Waals surface area contributed by atoms with Crippen LogP contribution in [0.5, 0.6) is 0 Å². The molecule has 0 aromatic rings. The Morgan fingerprint density at radius 2 is 1.09 bits per heavy atom. The molecule has 23 heavy (non-hydrogen) atoms. The van der Waals surface area contributed by atoms with E-state index in [4.69, 9.17) is 16.5 Å². The first-order valence-corrected chi connectivity index (χ1v) is 22.1. The molecule has 0 radical (unpaired) electrons. The van der Waals surface area contributed by atoms with Crippen LogP contribution in [0.4, 0.5) is 0 Å². The summed E-state index contributed by atoms with van der Waals surface area (Å²) in [6, 6.07) is 1.08. The summed E-state index contributed by atoms with van der Waals surface area (Å²) in [7, 11) is -8.01. The van der Waals surface area contributed by atoms with Gasteiger partial charge < -0.3 is 16.5 Å². The quantitative estimate of drug-likeness (QED) is 0.335. The minimum atomic E-state index is -2.06. The van der Waals surface area contributed by atoms with Gasteiger partial charge in [-0.25, -0.2) is 0 Å². The summed E-state index contributed by atoms with van der Waals surface area (Å²) in [6.07, 6.45) is 5.04. The molecule has 0 heterocycles. The number of hydrogen-bond donors (Lipinski definition) is 0. The maximum Gasteiger partial charge on any atom is 0.312 e. The SMILES string of the molecule is CCCCCC[SiH](O[Si](C)(C)O[SiH](C)C)O[Si](C)(C)O[SiH](C)C. The van der Waals surface area contributed by atoms with E-state index >= 15 is 0 Å². The third-order valence-corrected chi connectivity index (χ3v) is 19.0. The molecule has 0 saturated heterocycles. The first-order chi connectivity index (χ1) is 10.5. The second-order valence-electron chi connectivity index (χ2n) is 7.65. The summed E-state index contributed by atoms with van der Waals surface area (Å²) in [5.41, 5.74) is 0. The van der Waals surface area contributed by atoms with Crippen LogP contribution in [-0.2, 0) is 16.5 Å². The third-order valence-electron chi connectivity index (χ3n) is 3.16. The first-order valence-electron chi connectivity index (χ1n) is 9.18. The lowest BCUT2D eigenvalue weighted by molar-refractivity contribution is 0.318. The molecule has 0 aliphatic carbocycles. The van der Waals surface area contributed by atoms with Gasteiger partial charge in [0.25, 0.3) is 0 Å². The number of rotatable bonds is 13. The monoisotopic (exact) mass is 412 g/mol. The molecular formula is C14H40O4Si5. The van der Waals surface area contributed by atoms with Gasteiger partial charge in [-0.2, -0.15) is 0 Å². The van der Waals surface area contributed by atoms with Crippen LogP contribution in [-0.4, -0.2) is 44.5 Å². The third kappa shape index (κ3) is 13.8. The highest BCUT2D eigenvalue weighted by molar-refractivity contribution is 6.81. The van der Waals surface area contributed by atoms with Crippen molar-refractivity contribution in [1.29, 1.82) is 0 Å². The summed E-state index contributed by atoms with van der Waals surface area (Å²) in [6.45, 7) is 19.8. The number of unbranched alkanes of at least 4 members (excludes halogenated alkanes) is 3. The predicted octanol–water partition coefficient (Wildman–Crippen LogP) is 4.22. The largest absolute Gasteiger partial charge is 0.440 e. The molecule has 0 rings (SSSR count). The van der Waals surface area contributed by atoms with E-state index < -0.39 is 44.5 Å². The molecule has 140 valence electrons. The molecule has 4 nitrogen and oxygen atoms in total. The first kappa shape index (κ1) is 23.9. The molecule has 0 N–H and O–H groups in total. The molecule has 0 fully saturated rings. The van der Waals surface area contributed by atoms with Crippen molar-refractivity contribution in [3.8, 4) is 0 Å². The Kier molecular flexibility index (Phi) is 12.0. The zero-order valence-electron chi connectivity index (χ0n) is 16.9. The normalized spacial score (nSPS) is 13.6. The average molecular weight is 413 g/mol. The van der Waals surface area contributed by atoms with Crippen LogP contribution in [0.3, 0.4) is 0 Å². The summed E-state index contributed by atoms with van der Waals surface area (Å²) < 4.78 is 25.3. The van der Waals surface area contributed by atoms with Gasteiger partial charge in [0.15, 0.2) is 18.1 Å². The van der Waals surface area contributed by atoms with E-state index in [0.29, 0.717) is 0 Å². The summed E-state index contributed by atoms with van der Waals surface area (Å²) in [5, 5.41) is 0. The Labute approximate surface area is 152 Å². The lowest BCUT2D eigenvalue weighted by Gasteiger charge is -2.35. The van der Waals surface area contributed by atoms with Crippen molar-refractivity contribution in [3.05, 3.63) is 0 Å². The molecule has 0 aliphatic heterocycles. The Hall–Kier alpha value is 0.924. The van der Waals surface area contributed by atoms with E-state index in [1.54, 1.807) is 0 Å². The average Bonchev–Trinajstić information content (AvgIpc) is 2.29. The fraction of sp³-hybridized carbons (Fsp3) is 1.00. The Bertz CT molecular complexity index is 290. The van der Waals surface area contributed by atoms with E-state index in [2.05, 4.69) is 59.3 Å². The van der Waals surface area contributed by atoms with Crippen molar-refractivity contribution in [2.75, 3.05) is 0 Å². The van der Waals surface area contributed by atoms with Gasteiger partial charge in [-0.15, -0.1) is 0 Å². The van der Waals surface area contributed by atoms with Gasteiger partial charge in [0.05, 0.1) is 0 Å². The van der Waals surface area contributed by atoms with Crippen LogP contribution < -0.4 is 0 Å². The fourth-order valence-corrected chi connectivity index (χ4v) is 20.5. The van der Waals surface area contributed by atoms with Crippen molar-refractivity contribution in [1.82, 2.24) is 0 Å². The van der Waals surface area contributed by atoms with E-state index in [1.165, 1.54) is 25.7 Å². The van der Waals surface area contributed by atoms with Crippen molar-refractivity contribution in [2.45, 2.75) is 91.0 Å². The van der Waals surface area contributed by atoms with Gasteiger partial charge in [-0.05, 0) is 58.4 Å². The second kappa shape index (κ2) is 11.5. The zero-order valence-corrected chi connectivity index (χ0v) is 22.4. The summed E-state index contributed by atoms with van der Waals surface area (Å²) >= 11 is 0. The van der Waals surface area contributed by atoms with Crippen LogP contribution in [0, 0.1) is 0 Å². The molecule has 0 aromatic heterocycles. The maximum absolute atomic E-state index is 6.48. The van der Waals surface area contributed by atoms with Gasteiger partial charge >= 0.3 is 26.4 Å². The lowest BCUT2D eigenvalue weighted by atomic mass is 10.2. The molecule has 0 aromatic carbocycles. The minimum absolute atomic E-state index is 1.08. The van der Waals surface area contributed by atoms with Gasteiger partial charge in [-0.3, -0.25) is 0 Å². The smallest absolute Gasteiger partial charge is 0.312 e. The Morgan fingerprint density at radius 3 is 1.43 bits per heavy atom. The van der Waals surface area contributed by atoms with E-state index in [1.807, 2.05) is 0 Å². The van der Waals surface area contributed by atoms with E-state index in [0.717, 1.165) is 6.04 Å². The summed E-state index contributed by atoms with van der Waals surface area (Å²) in [4.78, 5) is 0. The topological polar surface area (TPSA) is 36.9 Å².